The SMILES string of the molecule is CC(=O)/C=C/CCC1OC1C. The number of rotatable bonds is 4. The summed E-state index contributed by atoms with van der Waals surface area (Å²) in [4.78, 5) is 10.5. The van der Waals surface area contributed by atoms with Gasteiger partial charge in [0.1, 0.15) is 0 Å². The zero-order chi connectivity index (χ0) is 8.27. The third-order valence-corrected chi connectivity index (χ3v) is 1.81. The molecule has 2 nitrogen and oxygen atoms in total. The lowest BCUT2D eigenvalue weighted by Gasteiger charge is -1.86. The van der Waals surface area contributed by atoms with Crippen molar-refractivity contribution in [1.82, 2.24) is 0 Å². The van der Waals surface area contributed by atoms with Gasteiger partial charge in [-0.2, -0.15) is 0 Å². The first-order valence-corrected chi connectivity index (χ1v) is 4.02. The van der Waals surface area contributed by atoms with Gasteiger partial charge in [-0.15, -0.1) is 0 Å². The summed E-state index contributed by atoms with van der Waals surface area (Å²) in [5.41, 5.74) is 0. The lowest BCUT2D eigenvalue weighted by atomic mass is 10.2. The van der Waals surface area contributed by atoms with Gasteiger partial charge in [0, 0.05) is 0 Å². The van der Waals surface area contributed by atoms with E-state index in [1.54, 1.807) is 13.0 Å². The van der Waals surface area contributed by atoms with Gasteiger partial charge < -0.3 is 4.74 Å². The molecule has 11 heavy (non-hydrogen) atoms. The van der Waals surface area contributed by atoms with E-state index in [1.807, 2.05) is 6.08 Å². The van der Waals surface area contributed by atoms with Crippen molar-refractivity contribution < 1.29 is 9.53 Å². The molecule has 2 atom stereocenters. The summed E-state index contributed by atoms with van der Waals surface area (Å²) in [7, 11) is 0. The molecule has 1 aliphatic heterocycles. The normalized spacial score (nSPS) is 29.3. The molecule has 0 aromatic carbocycles. The maximum Gasteiger partial charge on any atom is 0.152 e. The Balaban J connectivity index is 2.00. The Morgan fingerprint density at radius 1 is 1.64 bits per heavy atom. The number of ketones is 1. The van der Waals surface area contributed by atoms with Gasteiger partial charge >= 0.3 is 0 Å². The van der Waals surface area contributed by atoms with Crippen LogP contribution in [-0.4, -0.2) is 18.0 Å². The van der Waals surface area contributed by atoms with Crippen LogP contribution in [-0.2, 0) is 9.53 Å². The van der Waals surface area contributed by atoms with E-state index in [4.69, 9.17) is 4.74 Å². The second kappa shape index (κ2) is 3.67. The fourth-order valence-electron chi connectivity index (χ4n) is 1.04. The predicted molar refractivity (Wildman–Crippen MR) is 43.4 cm³/mol. The molecule has 2 heteroatoms. The van der Waals surface area contributed by atoms with Crippen LogP contribution in [0.2, 0.25) is 0 Å². The standard InChI is InChI=1S/C9H14O2/c1-7(10)5-3-4-6-9-8(2)11-9/h3,5,8-9H,4,6H2,1-2H3/b5-3+. The van der Waals surface area contributed by atoms with Crippen LogP contribution in [0.25, 0.3) is 0 Å². The summed E-state index contributed by atoms with van der Waals surface area (Å²) in [5, 5.41) is 0. The third-order valence-electron chi connectivity index (χ3n) is 1.81. The third kappa shape index (κ3) is 3.33. The highest BCUT2D eigenvalue weighted by Crippen LogP contribution is 2.25. The second-order valence-corrected chi connectivity index (χ2v) is 2.97. The number of hydrogen-bond donors (Lipinski definition) is 0. The summed E-state index contributed by atoms with van der Waals surface area (Å²) in [6, 6.07) is 0. The van der Waals surface area contributed by atoms with Gasteiger partial charge in [0.25, 0.3) is 0 Å². The van der Waals surface area contributed by atoms with E-state index in [2.05, 4.69) is 6.92 Å². The molecule has 2 unspecified atom stereocenters. The second-order valence-electron chi connectivity index (χ2n) is 2.97. The summed E-state index contributed by atoms with van der Waals surface area (Å²) in [6.45, 7) is 3.63. The maximum atomic E-state index is 10.5. The zero-order valence-corrected chi connectivity index (χ0v) is 7.04. The largest absolute Gasteiger partial charge is 0.370 e. The Kier molecular flexibility index (Phi) is 2.83. The molecule has 1 saturated heterocycles. The van der Waals surface area contributed by atoms with E-state index in [1.165, 1.54) is 0 Å². The molecular formula is C9H14O2. The Labute approximate surface area is 67.2 Å². The molecule has 0 aromatic heterocycles. The van der Waals surface area contributed by atoms with E-state index in [9.17, 15) is 4.79 Å². The van der Waals surface area contributed by atoms with E-state index in [0.717, 1.165) is 12.8 Å². The molecule has 62 valence electrons. The summed E-state index contributed by atoms with van der Waals surface area (Å²) in [5.74, 6) is 0.120. The fraction of sp³-hybridized carbons (Fsp3) is 0.667. The zero-order valence-electron chi connectivity index (χ0n) is 7.04. The minimum atomic E-state index is 0.120. The van der Waals surface area contributed by atoms with Crippen LogP contribution in [0.3, 0.4) is 0 Å². The number of epoxide rings is 1. The van der Waals surface area contributed by atoms with Crippen molar-refractivity contribution in [3.05, 3.63) is 12.2 Å². The van der Waals surface area contributed by atoms with Gasteiger partial charge in [-0.25, -0.2) is 0 Å². The Hall–Kier alpha value is -0.630. The topological polar surface area (TPSA) is 29.6 Å². The smallest absolute Gasteiger partial charge is 0.152 e. The van der Waals surface area contributed by atoms with E-state index in [-0.39, 0.29) is 5.78 Å². The van der Waals surface area contributed by atoms with Crippen molar-refractivity contribution in [1.29, 1.82) is 0 Å². The van der Waals surface area contributed by atoms with Crippen LogP contribution >= 0.6 is 0 Å². The summed E-state index contributed by atoms with van der Waals surface area (Å²) >= 11 is 0. The number of hydrogen-bond acceptors (Lipinski definition) is 2. The van der Waals surface area contributed by atoms with Crippen LogP contribution in [0.5, 0.6) is 0 Å². The number of ether oxygens (including phenoxy) is 1. The quantitative estimate of drug-likeness (QED) is 0.455. The van der Waals surface area contributed by atoms with Gasteiger partial charge in [-0.05, 0) is 32.8 Å². The van der Waals surface area contributed by atoms with Crippen molar-refractivity contribution >= 4 is 5.78 Å². The average molecular weight is 154 g/mol. The summed E-state index contributed by atoms with van der Waals surface area (Å²) < 4.78 is 5.21. The Morgan fingerprint density at radius 3 is 2.73 bits per heavy atom. The van der Waals surface area contributed by atoms with E-state index < -0.39 is 0 Å². The Morgan fingerprint density at radius 2 is 2.27 bits per heavy atom. The van der Waals surface area contributed by atoms with Gasteiger partial charge in [-0.1, -0.05) is 6.08 Å². The van der Waals surface area contributed by atoms with Crippen LogP contribution in [0.4, 0.5) is 0 Å². The van der Waals surface area contributed by atoms with Gasteiger partial charge in [0.2, 0.25) is 0 Å². The molecule has 1 rings (SSSR count). The highest BCUT2D eigenvalue weighted by atomic mass is 16.6. The molecule has 0 spiro atoms. The van der Waals surface area contributed by atoms with Crippen molar-refractivity contribution in [2.75, 3.05) is 0 Å². The van der Waals surface area contributed by atoms with Crippen molar-refractivity contribution in [2.45, 2.75) is 38.9 Å². The molecule has 0 saturated carbocycles. The van der Waals surface area contributed by atoms with Gasteiger partial charge in [0.15, 0.2) is 5.78 Å². The molecule has 0 bridgehead atoms. The van der Waals surface area contributed by atoms with Crippen molar-refractivity contribution in [2.24, 2.45) is 0 Å². The van der Waals surface area contributed by atoms with Crippen molar-refractivity contribution in [3.8, 4) is 0 Å². The number of carbonyl (C=O) groups excluding carboxylic acids is 1. The van der Waals surface area contributed by atoms with Crippen LogP contribution in [0, 0.1) is 0 Å². The van der Waals surface area contributed by atoms with Crippen LogP contribution in [0.15, 0.2) is 12.2 Å². The number of carbonyl (C=O) groups is 1. The Bertz CT molecular complexity index is 172. The molecule has 0 radical (unpaired) electrons. The monoisotopic (exact) mass is 154 g/mol. The molecule has 1 fully saturated rings. The minimum Gasteiger partial charge on any atom is -0.370 e. The van der Waals surface area contributed by atoms with Gasteiger partial charge in [-0.3, -0.25) is 4.79 Å². The molecule has 1 aliphatic rings. The maximum absolute atomic E-state index is 10.5. The molecular weight excluding hydrogens is 140 g/mol. The first-order chi connectivity index (χ1) is 5.20. The summed E-state index contributed by atoms with van der Waals surface area (Å²) in [6.07, 6.45) is 6.43. The average Bonchev–Trinajstić information content (AvgIpc) is 2.59. The molecule has 0 aromatic rings. The molecule has 1 heterocycles. The first kappa shape index (κ1) is 8.47. The lowest BCUT2D eigenvalue weighted by molar-refractivity contribution is -0.112. The fourth-order valence-corrected chi connectivity index (χ4v) is 1.04. The van der Waals surface area contributed by atoms with Crippen molar-refractivity contribution in [3.63, 3.8) is 0 Å². The minimum absolute atomic E-state index is 0.120. The molecule has 0 N–H and O–H groups in total. The molecule has 0 amide bonds. The number of allylic oxidation sites excluding steroid dienone is 2. The highest BCUT2D eigenvalue weighted by Gasteiger charge is 2.32. The highest BCUT2D eigenvalue weighted by molar-refractivity contribution is 5.87. The predicted octanol–water partition coefficient (Wildman–Crippen LogP) is 1.70. The van der Waals surface area contributed by atoms with E-state index in [0.29, 0.717) is 12.2 Å². The van der Waals surface area contributed by atoms with Crippen LogP contribution in [0.1, 0.15) is 26.7 Å². The van der Waals surface area contributed by atoms with Gasteiger partial charge in [0.05, 0.1) is 12.2 Å². The van der Waals surface area contributed by atoms with Crippen LogP contribution < -0.4 is 0 Å². The lowest BCUT2D eigenvalue weighted by Crippen LogP contribution is -1.87. The van der Waals surface area contributed by atoms with E-state index >= 15 is 0 Å². The first-order valence-electron chi connectivity index (χ1n) is 4.02. The molecule has 0 aliphatic carbocycles.